The van der Waals surface area contributed by atoms with E-state index in [1.165, 1.54) is 19.2 Å². The third kappa shape index (κ3) is 2.97. The molecule has 0 fully saturated rings. The maximum Gasteiger partial charge on any atom is 0.416 e. The SMILES string of the molecule is COc1ccc2c(c1)CC(c1ccc(C(F)(F)F)cc1)=NC2=O. The molecule has 23 heavy (non-hydrogen) atoms. The summed E-state index contributed by atoms with van der Waals surface area (Å²) in [5.74, 6) is 0.217. The molecule has 0 aliphatic carbocycles. The molecule has 0 saturated carbocycles. The van der Waals surface area contributed by atoms with Crippen LogP contribution in [0.2, 0.25) is 0 Å². The van der Waals surface area contributed by atoms with E-state index in [1.54, 1.807) is 18.2 Å². The summed E-state index contributed by atoms with van der Waals surface area (Å²) in [6.45, 7) is 0. The monoisotopic (exact) mass is 319 g/mol. The average molecular weight is 319 g/mol. The Hall–Kier alpha value is -2.63. The van der Waals surface area contributed by atoms with Gasteiger partial charge in [-0.3, -0.25) is 4.79 Å². The highest BCUT2D eigenvalue weighted by Gasteiger charge is 2.30. The van der Waals surface area contributed by atoms with Gasteiger partial charge in [-0.05, 0) is 41.5 Å². The molecule has 0 N–H and O–H groups in total. The van der Waals surface area contributed by atoms with Crippen molar-refractivity contribution in [1.29, 1.82) is 0 Å². The third-order valence-electron chi connectivity index (χ3n) is 3.68. The highest BCUT2D eigenvalue weighted by Crippen LogP contribution is 2.30. The molecule has 118 valence electrons. The number of alkyl halides is 3. The van der Waals surface area contributed by atoms with Gasteiger partial charge in [0.05, 0.1) is 18.4 Å². The van der Waals surface area contributed by atoms with Crippen molar-refractivity contribution in [2.75, 3.05) is 7.11 Å². The number of carbonyl (C=O) groups excluding carboxylic acids is 1. The normalized spacial score (nSPS) is 14.3. The summed E-state index contributed by atoms with van der Waals surface area (Å²) < 4.78 is 43.0. The minimum atomic E-state index is -4.39. The summed E-state index contributed by atoms with van der Waals surface area (Å²) in [7, 11) is 1.53. The van der Waals surface area contributed by atoms with Crippen LogP contribution >= 0.6 is 0 Å². The van der Waals surface area contributed by atoms with E-state index in [4.69, 9.17) is 4.74 Å². The van der Waals surface area contributed by atoms with Crippen LogP contribution in [-0.2, 0) is 12.6 Å². The number of hydrogen-bond donors (Lipinski definition) is 0. The van der Waals surface area contributed by atoms with Crippen LogP contribution in [-0.4, -0.2) is 18.7 Å². The van der Waals surface area contributed by atoms with Crippen LogP contribution < -0.4 is 4.74 Å². The molecule has 0 spiro atoms. The predicted octanol–water partition coefficient (Wildman–Crippen LogP) is 3.90. The maximum atomic E-state index is 12.6. The highest BCUT2D eigenvalue weighted by atomic mass is 19.4. The number of ether oxygens (including phenoxy) is 1. The van der Waals surface area contributed by atoms with Gasteiger partial charge in [0, 0.05) is 12.0 Å². The molecule has 0 atom stereocenters. The third-order valence-corrected chi connectivity index (χ3v) is 3.68. The smallest absolute Gasteiger partial charge is 0.416 e. The second-order valence-corrected chi connectivity index (χ2v) is 5.14. The summed E-state index contributed by atoms with van der Waals surface area (Å²) in [5.41, 5.74) is 1.45. The number of rotatable bonds is 2. The molecule has 2 aromatic rings. The maximum absolute atomic E-state index is 12.6. The first kappa shape index (κ1) is 15.3. The van der Waals surface area contributed by atoms with Gasteiger partial charge in [0.15, 0.2) is 0 Å². The molecule has 0 saturated heterocycles. The fourth-order valence-electron chi connectivity index (χ4n) is 2.47. The second-order valence-electron chi connectivity index (χ2n) is 5.14. The molecule has 2 aromatic carbocycles. The Morgan fingerprint density at radius 1 is 1.09 bits per heavy atom. The standard InChI is InChI=1S/C17H12F3NO2/c1-23-13-6-7-14-11(8-13)9-15(21-16(14)22)10-2-4-12(5-3-10)17(18,19)20/h2-8H,9H2,1H3. The van der Waals surface area contributed by atoms with E-state index < -0.39 is 17.6 Å². The Kier molecular flexibility index (Phi) is 3.67. The molecule has 0 unspecified atom stereocenters. The van der Waals surface area contributed by atoms with Crippen molar-refractivity contribution in [3.05, 3.63) is 64.7 Å². The van der Waals surface area contributed by atoms with Crippen molar-refractivity contribution in [3.8, 4) is 5.75 Å². The Labute approximate surface area is 130 Å². The number of benzene rings is 2. The Morgan fingerprint density at radius 3 is 2.39 bits per heavy atom. The molecule has 1 aliphatic heterocycles. The Bertz CT molecular complexity index is 792. The molecule has 3 rings (SSSR count). The Morgan fingerprint density at radius 2 is 1.78 bits per heavy atom. The van der Waals surface area contributed by atoms with E-state index in [-0.39, 0.29) is 0 Å². The van der Waals surface area contributed by atoms with Gasteiger partial charge in [0.2, 0.25) is 0 Å². The first-order chi connectivity index (χ1) is 10.9. The lowest BCUT2D eigenvalue weighted by Crippen LogP contribution is -2.17. The molecule has 3 nitrogen and oxygen atoms in total. The van der Waals surface area contributed by atoms with Crippen molar-refractivity contribution < 1.29 is 22.7 Å². The highest BCUT2D eigenvalue weighted by molar-refractivity contribution is 6.15. The van der Waals surface area contributed by atoms with Crippen LogP contribution in [0.4, 0.5) is 13.2 Å². The summed E-state index contributed by atoms with van der Waals surface area (Å²) in [4.78, 5) is 16.1. The van der Waals surface area contributed by atoms with Crippen LogP contribution in [0.25, 0.3) is 0 Å². The summed E-state index contributed by atoms with van der Waals surface area (Å²) in [6, 6.07) is 9.71. The van der Waals surface area contributed by atoms with Crippen molar-refractivity contribution >= 4 is 11.6 Å². The number of methoxy groups -OCH3 is 1. The van der Waals surface area contributed by atoms with Crippen molar-refractivity contribution in [3.63, 3.8) is 0 Å². The lowest BCUT2D eigenvalue weighted by Gasteiger charge is -2.16. The van der Waals surface area contributed by atoms with Crippen LogP contribution in [0.3, 0.4) is 0 Å². The zero-order valence-electron chi connectivity index (χ0n) is 12.1. The van der Waals surface area contributed by atoms with Gasteiger partial charge < -0.3 is 4.74 Å². The quantitative estimate of drug-likeness (QED) is 0.842. The van der Waals surface area contributed by atoms with E-state index in [0.29, 0.717) is 29.0 Å². The topological polar surface area (TPSA) is 38.7 Å². The number of hydrogen-bond acceptors (Lipinski definition) is 2. The van der Waals surface area contributed by atoms with Gasteiger partial charge >= 0.3 is 6.18 Å². The number of amides is 1. The van der Waals surface area contributed by atoms with Crippen molar-refractivity contribution in [1.82, 2.24) is 0 Å². The first-order valence-corrected chi connectivity index (χ1v) is 6.85. The van der Waals surface area contributed by atoms with Gasteiger partial charge in [-0.2, -0.15) is 13.2 Å². The summed E-state index contributed by atoms with van der Waals surface area (Å²) in [5, 5.41) is 0. The van der Waals surface area contributed by atoms with Crippen LogP contribution in [0.15, 0.2) is 47.5 Å². The molecule has 1 heterocycles. The number of fused-ring (bicyclic) bond motifs is 1. The lowest BCUT2D eigenvalue weighted by molar-refractivity contribution is -0.137. The van der Waals surface area contributed by atoms with Crippen LogP contribution in [0, 0.1) is 0 Å². The zero-order valence-corrected chi connectivity index (χ0v) is 12.1. The van der Waals surface area contributed by atoms with Crippen molar-refractivity contribution in [2.45, 2.75) is 12.6 Å². The first-order valence-electron chi connectivity index (χ1n) is 6.85. The molecular formula is C17H12F3NO2. The van der Waals surface area contributed by atoms with E-state index in [1.807, 2.05) is 0 Å². The van der Waals surface area contributed by atoms with Crippen molar-refractivity contribution in [2.24, 2.45) is 4.99 Å². The molecule has 0 aromatic heterocycles. The molecular weight excluding hydrogens is 307 g/mol. The number of nitrogens with zero attached hydrogens (tertiary/aromatic N) is 1. The molecule has 1 aliphatic rings. The second kappa shape index (κ2) is 5.53. The minimum Gasteiger partial charge on any atom is -0.497 e. The average Bonchev–Trinajstić information content (AvgIpc) is 2.53. The predicted molar refractivity (Wildman–Crippen MR) is 79.0 cm³/mol. The number of carbonyl (C=O) groups is 1. The van der Waals surface area contributed by atoms with E-state index in [2.05, 4.69) is 4.99 Å². The summed E-state index contributed by atoms with van der Waals surface area (Å²) in [6.07, 6.45) is -4.02. The van der Waals surface area contributed by atoms with Gasteiger partial charge in [0.1, 0.15) is 5.75 Å². The largest absolute Gasteiger partial charge is 0.497 e. The zero-order chi connectivity index (χ0) is 16.6. The molecule has 0 bridgehead atoms. The van der Waals surface area contributed by atoms with Gasteiger partial charge in [0.25, 0.3) is 5.91 Å². The fourth-order valence-corrected chi connectivity index (χ4v) is 2.47. The summed E-state index contributed by atoms with van der Waals surface area (Å²) >= 11 is 0. The Balaban J connectivity index is 1.94. The number of aliphatic imine (C=N–C) groups is 1. The number of halogens is 3. The van der Waals surface area contributed by atoms with Gasteiger partial charge in [-0.25, -0.2) is 4.99 Å². The fraction of sp³-hybridized carbons (Fsp3) is 0.176. The minimum absolute atomic E-state index is 0.365. The lowest BCUT2D eigenvalue weighted by atomic mass is 9.94. The van der Waals surface area contributed by atoms with E-state index in [9.17, 15) is 18.0 Å². The van der Waals surface area contributed by atoms with Crippen LogP contribution in [0.5, 0.6) is 5.75 Å². The molecule has 1 amide bonds. The molecule has 6 heteroatoms. The van der Waals surface area contributed by atoms with Crippen LogP contribution in [0.1, 0.15) is 27.0 Å². The molecule has 0 radical (unpaired) electrons. The van der Waals surface area contributed by atoms with E-state index >= 15 is 0 Å². The van der Waals surface area contributed by atoms with E-state index in [0.717, 1.165) is 17.7 Å². The van der Waals surface area contributed by atoms with Gasteiger partial charge in [-0.15, -0.1) is 0 Å². The van der Waals surface area contributed by atoms with Gasteiger partial charge in [-0.1, -0.05) is 12.1 Å².